The maximum Gasteiger partial charge on any atom is 0.356 e. The topological polar surface area (TPSA) is 161 Å². The van der Waals surface area contributed by atoms with Crippen molar-refractivity contribution in [2.24, 2.45) is 5.73 Å². The summed E-state index contributed by atoms with van der Waals surface area (Å²) in [6.45, 7) is 6.41. The average Bonchev–Trinajstić information content (AvgIpc) is 2.97. The molecule has 208 valence electrons. The van der Waals surface area contributed by atoms with E-state index in [0.29, 0.717) is 54.3 Å². The lowest BCUT2D eigenvalue weighted by molar-refractivity contribution is 0.0691. The molecule has 0 bridgehead atoms. The second-order valence-electron chi connectivity index (χ2n) is 9.82. The molecule has 0 saturated carbocycles. The highest BCUT2D eigenvalue weighted by Crippen LogP contribution is 2.31. The first-order chi connectivity index (χ1) is 19.6. The van der Waals surface area contributed by atoms with Gasteiger partial charge in [-0.1, -0.05) is 17.7 Å². The number of aromatic nitrogens is 3. The van der Waals surface area contributed by atoms with Gasteiger partial charge in [-0.3, -0.25) is 4.79 Å². The van der Waals surface area contributed by atoms with Crippen LogP contribution in [-0.4, -0.2) is 58.1 Å². The molecule has 0 aliphatic carbocycles. The van der Waals surface area contributed by atoms with Gasteiger partial charge in [0.2, 0.25) is 5.91 Å². The van der Waals surface area contributed by atoms with Crippen molar-refractivity contribution in [3.05, 3.63) is 81.8 Å². The van der Waals surface area contributed by atoms with Crippen LogP contribution in [-0.2, 0) is 0 Å². The van der Waals surface area contributed by atoms with E-state index in [-0.39, 0.29) is 22.6 Å². The molecule has 4 N–H and O–H groups in total. The lowest BCUT2D eigenvalue weighted by Gasteiger charge is -2.37. The minimum absolute atomic E-state index is 0.0870. The summed E-state index contributed by atoms with van der Waals surface area (Å²) in [5.41, 5.74) is 10.1. The Kier molecular flexibility index (Phi) is 7.59. The van der Waals surface area contributed by atoms with E-state index in [4.69, 9.17) is 22.3 Å². The number of amides is 1. The van der Waals surface area contributed by atoms with Gasteiger partial charge in [0.1, 0.15) is 11.2 Å². The molecular formula is C29H27ClN8O3. The number of hydrogen-bond acceptors (Lipinski definition) is 9. The highest BCUT2D eigenvalue weighted by Gasteiger charge is 2.24. The van der Waals surface area contributed by atoms with E-state index < -0.39 is 11.9 Å². The zero-order chi connectivity index (χ0) is 29.3. The number of carboxylic acids is 1. The first kappa shape index (κ1) is 27.6. The van der Waals surface area contributed by atoms with Crippen molar-refractivity contribution < 1.29 is 14.7 Å². The third kappa shape index (κ3) is 5.69. The summed E-state index contributed by atoms with van der Waals surface area (Å²) >= 11 is 5.92. The van der Waals surface area contributed by atoms with Crippen molar-refractivity contribution in [1.82, 2.24) is 15.0 Å². The summed E-state index contributed by atoms with van der Waals surface area (Å²) in [7, 11) is 0. The standard InChI is InChI=1S/C29H27ClN8O3/c1-16-13-20(17(2)33-21-7-8-24(30)35-26(21)29(40)41)25-22(14-16)34-23(15-31)28(36-25)38-11-9-37(10-12-38)19-5-3-18(4-6-19)27(32)39/h3-8,13-14,17,33H,9-12H2,1-2H3,(H2,32,39)(H,40,41)/t17-/m1/s1. The van der Waals surface area contributed by atoms with Gasteiger partial charge in [0.15, 0.2) is 17.2 Å². The Labute approximate surface area is 241 Å². The van der Waals surface area contributed by atoms with Gasteiger partial charge in [-0.05, 0) is 61.9 Å². The van der Waals surface area contributed by atoms with E-state index >= 15 is 0 Å². The minimum Gasteiger partial charge on any atom is -0.476 e. The van der Waals surface area contributed by atoms with Gasteiger partial charge in [0, 0.05) is 43.0 Å². The molecule has 12 heteroatoms. The number of carbonyl (C=O) groups excluding carboxylic acids is 1. The number of pyridine rings is 1. The fourth-order valence-electron chi connectivity index (χ4n) is 4.99. The van der Waals surface area contributed by atoms with Crippen molar-refractivity contribution in [3.8, 4) is 6.07 Å². The zero-order valence-corrected chi connectivity index (χ0v) is 23.2. The van der Waals surface area contributed by atoms with Gasteiger partial charge in [0.25, 0.3) is 0 Å². The predicted molar refractivity (Wildman–Crippen MR) is 157 cm³/mol. The lowest BCUT2D eigenvalue weighted by atomic mass is 10.0. The Bertz CT molecular complexity index is 1700. The van der Waals surface area contributed by atoms with Crippen molar-refractivity contribution in [2.75, 3.05) is 41.3 Å². The molecular weight excluding hydrogens is 544 g/mol. The number of anilines is 3. The Morgan fingerprint density at radius 1 is 1.05 bits per heavy atom. The Balaban J connectivity index is 1.44. The lowest BCUT2D eigenvalue weighted by Crippen LogP contribution is -2.47. The van der Waals surface area contributed by atoms with E-state index in [1.165, 1.54) is 6.07 Å². The van der Waals surface area contributed by atoms with Crippen LogP contribution in [0.4, 0.5) is 17.2 Å². The van der Waals surface area contributed by atoms with E-state index in [9.17, 15) is 20.0 Å². The van der Waals surface area contributed by atoms with Crippen LogP contribution in [0.5, 0.6) is 0 Å². The van der Waals surface area contributed by atoms with Crippen LogP contribution in [0.3, 0.4) is 0 Å². The van der Waals surface area contributed by atoms with Crippen LogP contribution in [0, 0.1) is 18.3 Å². The third-order valence-corrected chi connectivity index (χ3v) is 7.24. The molecule has 0 radical (unpaired) electrons. The van der Waals surface area contributed by atoms with Crippen molar-refractivity contribution in [3.63, 3.8) is 0 Å². The van der Waals surface area contributed by atoms with E-state index in [2.05, 4.69) is 26.3 Å². The Hall–Kier alpha value is -4.95. The minimum atomic E-state index is -1.19. The van der Waals surface area contributed by atoms with Gasteiger partial charge in [-0.15, -0.1) is 0 Å². The summed E-state index contributed by atoms with van der Waals surface area (Å²) in [6, 6.07) is 16.0. The fraction of sp³-hybridized carbons (Fsp3) is 0.241. The second kappa shape index (κ2) is 11.3. The normalized spacial score (nSPS) is 14.0. The van der Waals surface area contributed by atoms with Crippen LogP contribution in [0.15, 0.2) is 48.5 Å². The molecule has 3 heterocycles. The smallest absolute Gasteiger partial charge is 0.356 e. The molecule has 0 spiro atoms. The number of primary amides is 1. The summed E-state index contributed by atoms with van der Waals surface area (Å²) < 4.78 is 0. The van der Waals surface area contributed by atoms with Crippen LogP contribution >= 0.6 is 11.6 Å². The molecule has 1 aliphatic rings. The fourth-order valence-corrected chi connectivity index (χ4v) is 5.14. The summed E-state index contributed by atoms with van der Waals surface area (Å²) in [5, 5.41) is 22.9. The molecule has 2 aromatic heterocycles. The summed E-state index contributed by atoms with van der Waals surface area (Å²) in [6.07, 6.45) is 0. The number of halogens is 1. The maximum absolute atomic E-state index is 11.8. The number of piperazine rings is 1. The van der Waals surface area contributed by atoms with Crippen LogP contribution in [0.25, 0.3) is 11.0 Å². The van der Waals surface area contributed by atoms with Crippen LogP contribution in [0.1, 0.15) is 50.6 Å². The van der Waals surface area contributed by atoms with E-state index in [1.807, 2.05) is 43.0 Å². The highest BCUT2D eigenvalue weighted by molar-refractivity contribution is 6.29. The molecule has 11 nitrogen and oxygen atoms in total. The monoisotopic (exact) mass is 570 g/mol. The quantitative estimate of drug-likeness (QED) is 0.275. The van der Waals surface area contributed by atoms with Crippen LogP contribution in [0.2, 0.25) is 5.15 Å². The van der Waals surface area contributed by atoms with Gasteiger partial charge in [0.05, 0.1) is 22.8 Å². The molecule has 1 fully saturated rings. The number of nitrogens with zero attached hydrogens (tertiary/aromatic N) is 6. The van der Waals surface area contributed by atoms with Crippen LogP contribution < -0.4 is 20.9 Å². The average molecular weight is 571 g/mol. The van der Waals surface area contributed by atoms with Crippen molar-refractivity contribution >= 4 is 51.7 Å². The third-order valence-electron chi connectivity index (χ3n) is 7.03. The Morgan fingerprint density at radius 3 is 2.37 bits per heavy atom. The van der Waals surface area contributed by atoms with Crippen molar-refractivity contribution in [1.29, 1.82) is 5.26 Å². The molecule has 2 aromatic carbocycles. The summed E-state index contributed by atoms with van der Waals surface area (Å²) in [5.74, 6) is -1.16. The van der Waals surface area contributed by atoms with Gasteiger partial charge >= 0.3 is 5.97 Å². The van der Waals surface area contributed by atoms with E-state index in [0.717, 1.165) is 16.8 Å². The number of rotatable bonds is 7. The number of benzene rings is 2. The number of nitrogens with two attached hydrogens (primary N) is 1. The first-order valence-corrected chi connectivity index (χ1v) is 13.3. The number of aryl methyl sites for hydroxylation is 1. The molecule has 1 amide bonds. The van der Waals surface area contributed by atoms with Crippen molar-refractivity contribution in [2.45, 2.75) is 19.9 Å². The number of carboxylic acid groups (broad SMARTS) is 1. The number of hydrogen-bond donors (Lipinski definition) is 3. The van der Waals surface area contributed by atoms with E-state index in [1.54, 1.807) is 18.2 Å². The number of nitrogens with one attached hydrogen (secondary N) is 1. The number of nitriles is 1. The molecule has 5 rings (SSSR count). The molecule has 1 atom stereocenters. The SMILES string of the molecule is Cc1cc([C@@H](C)Nc2ccc(Cl)nc2C(=O)O)c2nc(N3CCN(c4ccc(C(N)=O)cc4)CC3)c(C#N)nc2c1. The maximum atomic E-state index is 11.8. The summed E-state index contributed by atoms with van der Waals surface area (Å²) in [4.78, 5) is 41.0. The second-order valence-corrected chi connectivity index (χ2v) is 10.2. The molecule has 4 aromatic rings. The van der Waals surface area contributed by atoms with Gasteiger partial charge in [-0.2, -0.15) is 5.26 Å². The number of carbonyl (C=O) groups is 2. The molecule has 0 unspecified atom stereocenters. The van der Waals surface area contributed by atoms with Gasteiger partial charge < -0.3 is 26.0 Å². The van der Waals surface area contributed by atoms with Gasteiger partial charge in [-0.25, -0.2) is 19.7 Å². The highest BCUT2D eigenvalue weighted by atomic mass is 35.5. The molecule has 1 saturated heterocycles. The predicted octanol–water partition coefficient (Wildman–Crippen LogP) is 4.16. The Morgan fingerprint density at radius 2 is 1.73 bits per heavy atom. The number of aromatic carboxylic acids is 1. The zero-order valence-electron chi connectivity index (χ0n) is 22.4. The number of fused-ring (bicyclic) bond motifs is 1. The largest absolute Gasteiger partial charge is 0.476 e. The molecule has 41 heavy (non-hydrogen) atoms. The first-order valence-electron chi connectivity index (χ1n) is 12.9. The molecule has 1 aliphatic heterocycles.